The molecule has 0 fully saturated rings. The summed E-state index contributed by atoms with van der Waals surface area (Å²) in [5, 5.41) is 2.84. The van der Waals surface area contributed by atoms with Gasteiger partial charge in [0, 0.05) is 23.5 Å². The van der Waals surface area contributed by atoms with Gasteiger partial charge in [-0.3, -0.25) is 4.79 Å². The van der Waals surface area contributed by atoms with Gasteiger partial charge < -0.3 is 11.1 Å². The van der Waals surface area contributed by atoms with Gasteiger partial charge in [0.25, 0.3) is 5.91 Å². The molecule has 0 aromatic heterocycles. The monoisotopic (exact) mass is 248 g/mol. The highest BCUT2D eigenvalue weighted by atomic mass is 32.2. The van der Waals surface area contributed by atoms with Crippen LogP contribution in [0.15, 0.2) is 18.2 Å². The number of thioether (sulfide) groups is 1. The molecule has 1 aromatic carbocycles. The lowest BCUT2D eigenvalue weighted by Crippen LogP contribution is -2.26. The van der Waals surface area contributed by atoms with Crippen molar-refractivity contribution in [2.24, 2.45) is 0 Å². The Labute approximate surface area is 106 Å². The Morgan fingerprint density at radius 3 is 3.06 bits per heavy atom. The molecule has 0 bridgehead atoms. The molecular weight excluding hydrogens is 232 g/mol. The zero-order chi connectivity index (χ0) is 12.7. The van der Waals surface area contributed by atoms with Crippen LogP contribution in [0.4, 0.5) is 5.69 Å². The standard InChI is InChI=1S/C13H16N2OS/c1-3-8-17-9-7-15-13(16)11-5-4-6-12(14)10(11)2/h1,4-6H,7-9,14H2,2H3,(H,15,16). The molecule has 17 heavy (non-hydrogen) atoms. The van der Waals surface area contributed by atoms with Gasteiger partial charge in [-0.25, -0.2) is 0 Å². The number of benzene rings is 1. The number of nitrogens with two attached hydrogens (primary N) is 1. The van der Waals surface area contributed by atoms with Crippen LogP contribution >= 0.6 is 11.8 Å². The number of amides is 1. The van der Waals surface area contributed by atoms with Crippen LogP contribution in [0.5, 0.6) is 0 Å². The Hall–Kier alpha value is -1.60. The number of terminal acetylenes is 1. The zero-order valence-electron chi connectivity index (χ0n) is 9.82. The van der Waals surface area contributed by atoms with E-state index >= 15 is 0 Å². The third-order valence-corrected chi connectivity index (χ3v) is 3.20. The van der Waals surface area contributed by atoms with Gasteiger partial charge in [0.1, 0.15) is 0 Å². The van der Waals surface area contributed by atoms with Crippen molar-refractivity contribution >= 4 is 23.4 Å². The van der Waals surface area contributed by atoms with E-state index < -0.39 is 0 Å². The predicted molar refractivity (Wildman–Crippen MR) is 74.1 cm³/mol. The normalized spacial score (nSPS) is 9.65. The fraction of sp³-hybridized carbons (Fsp3) is 0.308. The Morgan fingerprint density at radius 2 is 2.35 bits per heavy atom. The number of nitrogen functional groups attached to an aromatic ring is 1. The van der Waals surface area contributed by atoms with Crippen molar-refractivity contribution in [1.82, 2.24) is 5.32 Å². The predicted octanol–water partition coefficient (Wildman–Crippen LogP) is 1.67. The average molecular weight is 248 g/mol. The van der Waals surface area contributed by atoms with Gasteiger partial charge in [0.2, 0.25) is 0 Å². The number of anilines is 1. The number of carbonyl (C=O) groups is 1. The fourth-order valence-electron chi connectivity index (χ4n) is 1.36. The lowest BCUT2D eigenvalue weighted by Gasteiger charge is -2.08. The van der Waals surface area contributed by atoms with Crippen LogP contribution in [-0.4, -0.2) is 24.0 Å². The molecule has 1 aromatic rings. The smallest absolute Gasteiger partial charge is 0.251 e. The van der Waals surface area contributed by atoms with E-state index in [-0.39, 0.29) is 5.91 Å². The number of rotatable bonds is 5. The minimum Gasteiger partial charge on any atom is -0.398 e. The maximum Gasteiger partial charge on any atom is 0.251 e. The fourth-order valence-corrected chi connectivity index (χ4v) is 1.87. The summed E-state index contributed by atoms with van der Waals surface area (Å²) < 4.78 is 0. The Morgan fingerprint density at radius 1 is 1.59 bits per heavy atom. The van der Waals surface area contributed by atoms with Crippen LogP contribution in [0.3, 0.4) is 0 Å². The van der Waals surface area contributed by atoms with Crippen molar-refractivity contribution in [3.8, 4) is 12.3 Å². The van der Waals surface area contributed by atoms with Crippen molar-refractivity contribution in [2.75, 3.05) is 23.8 Å². The average Bonchev–Trinajstić information content (AvgIpc) is 2.32. The summed E-state index contributed by atoms with van der Waals surface area (Å²) >= 11 is 1.62. The molecule has 0 radical (unpaired) electrons. The van der Waals surface area contributed by atoms with E-state index in [9.17, 15) is 4.79 Å². The molecule has 0 aliphatic carbocycles. The molecule has 0 unspecified atom stereocenters. The van der Waals surface area contributed by atoms with Gasteiger partial charge in [-0.1, -0.05) is 12.0 Å². The maximum absolute atomic E-state index is 11.8. The molecule has 3 N–H and O–H groups in total. The van der Waals surface area contributed by atoms with Crippen LogP contribution in [0.1, 0.15) is 15.9 Å². The van der Waals surface area contributed by atoms with E-state index in [2.05, 4.69) is 11.2 Å². The molecule has 0 heterocycles. The molecule has 4 heteroatoms. The molecule has 0 spiro atoms. The first-order valence-corrected chi connectivity index (χ1v) is 6.46. The zero-order valence-corrected chi connectivity index (χ0v) is 10.6. The van der Waals surface area contributed by atoms with Crippen LogP contribution < -0.4 is 11.1 Å². The summed E-state index contributed by atoms with van der Waals surface area (Å²) in [4.78, 5) is 11.8. The second kappa shape index (κ2) is 6.87. The largest absolute Gasteiger partial charge is 0.398 e. The van der Waals surface area contributed by atoms with E-state index in [1.54, 1.807) is 30.0 Å². The Kier molecular flexibility index (Phi) is 5.44. The van der Waals surface area contributed by atoms with Crippen LogP contribution in [0.2, 0.25) is 0 Å². The molecule has 0 aliphatic heterocycles. The van der Waals surface area contributed by atoms with Crippen LogP contribution in [-0.2, 0) is 0 Å². The topological polar surface area (TPSA) is 55.1 Å². The maximum atomic E-state index is 11.8. The summed E-state index contributed by atoms with van der Waals surface area (Å²) in [6, 6.07) is 5.34. The second-order valence-corrected chi connectivity index (χ2v) is 4.64. The highest BCUT2D eigenvalue weighted by Gasteiger charge is 2.09. The number of carbonyl (C=O) groups excluding carboxylic acids is 1. The van der Waals surface area contributed by atoms with Crippen molar-refractivity contribution < 1.29 is 4.79 Å². The number of hydrogen-bond donors (Lipinski definition) is 2. The summed E-state index contributed by atoms with van der Waals surface area (Å²) in [6.45, 7) is 2.46. The van der Waals surface area contributed by atoms with Gasteiger partial charge in [0.05, 0.1) is 5.75 Å². The quantitative estimate of drug-likeness (QED) is 0.473. The van der Waals surface area contributed by atoms with Gasteiger partial charge in [-0.15, -0.1) is 18.2 Å². The number of hydrogen-bond acceptors (Lipinski definition) is 3. The van der Waals surface area contributed by atoms with E-state index in [0.29, 0.717) is 23.5 Å². The minimum absolute atomic E-state index is 0.0869. The molecule has 90 valence electrons. The van der Waals surface area contributed by atoms with Gasteiger partial charge in [-0.05, 0) is 24.6 Å². The van der Waals surface area contributed by atoms with E-state index in [4.69, 9.17) is 12.2 Å². The molecule has 0 atom stereocenters. The first-order chi connectivity index (χ1) is 8.16. The molecular formula is C13H16N2OS. The van der Waals surface area contributed by atoms with Crippen molar-refractivity contribution in [3.05, 3.63) is 29.3 Å². The summed E-state index contributed by atoms with van der Waals surface area (Å²) in [5.41, 5.74) is 7.84. The molecule has 0 saturated carbocycles. The Bertz CT molecular complexity index is 438. The van der Waals surface area contributed by atoms with Crippen molar-refractivity contribution in [2.45, 2.75) is 6.92 Å². The Balaban J connectivity index is 2.48. The molecule has 1 amide bonds. The molecule has 1 rings (SSSR count). The molecule has 3 nitrogen and oxygen atoms in total. The minimum atomic E-state index is -0.0869. The number of nitrogens with one attached hydrogen (secondary N) is 1. The first-order valence-electron chi connectivity index (χ1n) is 5.31. The third kappa shape index (κ3) is 4.04. The SMILES string of the molecule is C#CCSCCNC(=O)c1cccc(N)c1C. The van der Waals surface area contributed by atoms with E-state index in [1.807, 2.05) is 6.92 Å². The van der Waals surface area contributed by atoms with Gasteiger partial charge in [-0.2, -0.15) is 0 Å². The van der Waals surface area contributed by atoms with Crippen molar-refractivity contribution in [1.29, 1.82) is 0 Å². The van der Waals surface area contributed by atoms with E-state index in [1.165, 1.54) is 0 Å². The molecule has 0 saturated heterocycles. The summed E-state index contributed by atoms with van der Waals surface area (Å²) in [6.07, 6.45) is 5.13. The van der Waals surface area contributed by atoms with Gasteiger partial charge >= 0.3 is 0 Å². The van der Waals surface area contributed by atoms with Crippen LogP contribution in [0, 0.1) is 19.3 Å². The summed E-state index contributed by atoms with van der Waals surface area (Å²) in [7, 11) is 0. The highest BCUT2D eigenvalue weighted by Crippen LogP contribution is 2.15. The summed E-state index contributed by atoms with van der Waals surface area (Å²) in [5.74, 6) is 3.94. The lowest BCUT2D eigenvalue weighted by atomic mass is 10.1. The van der Waals surface area contributed by atoms with Crippen LogP contribution in [0.25, 0.3) is 0 Å². The highest BCUT2D eigenvalue weighted by molar-refractivity contribution is 7.99. The van der Waals surface area contributed by atoms with E-state index in [0.717, 1.165) is 11.3 Å². The first kappa shape index (κ1) is 13.5. The second-order valence-electron chi connectivity index (χ2n) is 3.53. The molecule has 0 aliphatic rings. The van der Waals surface area contributed by atoms with Crippen molar-refractivity contribution in [3.63, 3.8) is 0 Å². The lowest BCUT2D eigenvalue weighted by molar-refractivity contribution is 0.0955. The third-order valence-electron chi connectivity index (χ3n) is 2.34. The van der Waals surface area contributed by atoms with Gasteiger partial charge in [0.15, 0.2) is 0 Å².